The maximum absolute atomic E-state index is 4.42. The molecule has 1 aromatic carbocycles. The number of aromatic nitrogens is 1. The van der Waals surface area contributed by atoms with Crippen LogP contribution in [0.2, 0.25) is 0 Å². The van der Waals surface area contributed by atoms with E-state index in [4.69, 9.17) is 0 Å². The van der Waals surface area contributed by atoms with Gasteiger partial charge in [0.2, 0.25) is 0 Å². The van der Waals surface area contributed by atoms with E-state index in [-0.39, 0.29) is 0 Å². The maximum Gasteiger partial charge on any atom is 0.0702 e. The summed E-state index contributed by atoms with van der Waals surface area (Å²) in [6.45, 7) is 3.24. The number of nitrogens with zero attached hydrogens (tertiary/aromatic N) is 1. The zero-order chi connectivity index (χ0) is 14.5. The average Bonchev–Trinajstić information content (AvgIpc) is 2.55. The number of hydrogen-bond acceptors (Lipinski definition) is 2. The third-order valence-corrected chi connectivity index (χ3v) is 4.77. The molecule has 1 heterocycles. The van der Waals surface area contributed by atoms with Crippen molar-refractivity contribution in [2.75, 3.05) is 6.54 Å². The molecule has 3 rings (SSSR count). The van der Waals surface area contributed by atoms with E-state index in [1.807, 2.05) is 12.3 Å². The molecule has 1 aliphatic rings. The van der Waals surface area contributed by atoms with E-state index in [9.17, 15) is 0 Å². The SMILES string of the molecule is CCNC(CC1CCCCC1)c1ccc2ncccc2c1. The predicted molar refractivity (Wildman–Crippen MR) is 89.4 cm³/mol. The Bertz CT molecular complexity index is 573. The van der Waals surface area contributed by atoms with Crippen molar-refractivity contribution >= 4 is 10.9 Å². The zero-order valence-corrected chi connectivity index (χ0v) is 13.0. The smallest absolute Gasteiger partial charge is 0.0702 e. The van der Waals surface area contributed by atoms with E-state index < -0.39 is 0 Å². The highest BCUT2D eigenvalue weighted by molar-refractivity contribution is 5.79. The number of fused-ring (bicyclic) bond motifs is 1. The third kappa shape index (κ3) is 3.62. The fraction of sp³-hybridized carbons (Fsp3) is 0.526. The summed E-state index contributed by atoms with van der Waals surface area (Å²) in [5.74, 6) is 0.896. The first-order valence-electron chi connectivity index (χ1n) is 8.45. The third-order valence-electron chi connectivity index (χ3n) is 4.77. The van der Waals surface area contributed by atoms with Crippen molar-refractivity contribution in [3.05, 3.63) is 42.1 Å². The molecule has 0 radical (unpaired) electrons. The first-order chi connectivity index (χ1) is 10.4. The summed E-state index contributed by atoms with van der Waals surface area (Å²) in [5, 5.41) is 4.94. The predicted octanol–water partition coefficient (Wildman–Crippen LogP) is 4.86. The minimum absolute atomic E-state index is 0.489. The topological polar surface area (TPSA) is 24.9 Å². The van der Waals surface area contributed by atoms with Crippen LogP contribution < -0.4 is 5.32 Å². The first-order valence-corrected chi connectivity index (χ1v) is 8.45. The van der Waals surface area contributed by atoms with Crippen molar-refractivity contribution in [3.8, 4) is 0 Å². The van der Waals surface area contributed by atoms with Gasteiger partial charge in [0, 0.05) is 17.6 Å². The molecule has 1 N–H and O–H groups in total. The second-order valence-corrected chi connectivity index (χ2v) is 6.31. The molecule has 0 spiro atoms. The molecule has 2 heteroatoms. The second kappa shape index (κ2) is 7.04. The molecule has 1 unspecified atom stereocenters. The Morgan fingerprint density at radius 1 is 1.19 bits per heavy atom. The van der Waals surface area contributed by atoms with Crippen molar-refractivity contribution in [1.82, 2.24) is 10.3 Å². The van der Waals surface area contributed by atoms with Crippen LogP contribution in [0.4, 0.5) is 0 Å². The summed E-state index contributed by atoms with van der Waals surface area (Å²) in [7, 11) is 0. The molecule has 1 saturated carbocycles. The number of pyridine rings is 1. The van der Waals surface area contributed by atoms with Gasteiger partial charge in [-0.3, -0.25) is 4.98 Å². The van der Waals surface area contributed by atoms with Gasteiger partial charge >= 0.3 is 0 Å². The van der Waals surface area contributed by atoms with E-state index in [0.717, 1.165) is 18.0 Å². The molecular formula is C19H26N2. The number of benzene rings is 1. The normalized spacial score (nSPS) is 18.0. The molecule has 0 aliphatic heterocycles. The van der Waals surface area contributed by atoms with Crippen LogP contribution in [0.25, 0.3) is 10.9 Å². The molecule has 0 amide bonds. The van der Waals surface area contributed by atoms with Crippen molar-refractivity contribution in [2.24, 2.45) is 5.92 Å². The van der Waals surface area contributed by atoms with Crippen molar-refractivity contribution < 1.29 is 0 Å². The maximum atomic E-state index is 4.42. The van der Waals surface area contributed by atoms with Crippen LogP contribution in [-0.4, -0.2) is 11.5 Å². The lowest BCUT2D eigenvalue weighted by atomic mass is 9.83. The van der Waals surface area contributed by atoms with Gasteiger partial charge in [-0.05, 0) is 42.6 Å². The van der Waals surface area contributed by atoms with Crippen LogP contribution in [0.3, 0.4) is 0 Å². The highest BCUT2D eigenvalue weighted by Gasteiger charge is 2.19. The summed E-state index contributed by atoms with van der Waals surface area (Å²) in [6.07, 6.45) is 10.2. The average molecular weight is 282 g/mol. The van der Waals surface area contributed by atoms with Crippen LogP contribution >= 0.6 is 0 Å². The van der Waals surface area contributed by atoms with Gasteiger partial charge < -0.3 is 5.32 Å². The van der Waals surface area contributed by atoms with E-state index >= 15 is 0 Å². The molecule has 2 nitrogen and oxygen atoms in total. The van der Waals surface area contributed by atoms with E-state index in [2.05, 4.69) is 41.5 Å². The molecule has 112 valence electrons. The van der Waals surface area contributed by atoms with Crippen LogP contribution in [0.15, 0.2) is 36.5 Å². The van der Waals surface area contributed by atoms with Crippen molar-refractivity contribution in [1.29, 1.82) is 0 Å². The van der Waals surface area contributed by atoms with Crippen LogP contribution in [-0.2, 0) is 0 Å². The lowest BCUT2D eigenvalue weighted by molar-refractivity contribution is 0.301. The Kier molecular flexibility index (Phi) is 4.87. The summed E-state index contributed by atoms with van der Waals surface area (Å²) in [4.78, 5) is 4.42. The Morgan fingerprint density at radius 2 is 2.05 bits per heavy atom. The van der Waals surface area contributed by atoms with Crippen LogP contribution in [0.1, 0.15) is 57.1 Å². The summed E-state index contributed by atoms with van der Waals surface area (Å²) in [5.41, 5.74) is 2.51. The van der Waals surface area contributed by atoms with E-state index in [0.29, 0.717) is 6.04 Å². The lowest BCUT2D eigenvalue weighted by Crippen LogP contribution is -2.24. The van der Waals surface area contributed by atoms with Crippen molar-refractivity contribution in [3.63, 3.8) is 0 Å². The zero-order valence-electron chi connectivity index (χ0n) is 13.0. The quantitative estimate of drug-likeness (QED) is 0.847. The van der Waals surface area contributed by atoms with Gasteiger partial charge in [-0.25, -0.2) is 0 Å². The largest absolute Gasteiger partial charge is 0.310 e. The van der Waals surface area contributed by atoms with Gasteiger partial charge in [0.25, 0.3) is 0 Å². The Morgan fingerprint density at radius 3 is 2.86 bits per heavy atom. The molecule has 2 aromatic rings. The molecule has 21 heavy (non-hydrogen) atoms. The molecule has 1 fully saturated rings. The van der Waals surface area contributed by atoms with Crippen LogP contribution in [0.5, 0.6) is 0 Å². The summed E-state index contributed by atoms with van der Waals surface area (Å²) >= 11 is 0. The van der Waals surface area contributed by atoms with E-state index in [1.54, 1.807) is 0 Å². The summed E-state index contributed by atoms with van der Waals surface area (Å²) < 4.78 is 0. The van der Waals surface area contributed by atoms with Gasteiger partial charge in [0.1, 0.15) is 0 Å². The fourth-order valence-electron chi connectivity index (χ4n) is 3.65. The highest BCUT2D eigenvalue weighted by Crippen LogP contribution is 2.32. The van der Waals surface area contributed by atoms with Gasteiger partial charge in [0.05, 0.1) is 5.52 Å². The minimum atomic E-state index is 0.489. The molecule has 0 bridgehead atoms. The Hall–Kier alpha value is -1.41. The van der Waals surface area contributed by atoms with E-state index in [1.165, 1.54) is 49.5 Å². The van der Waals surface area contributed by atoms with Crippen molar-refractivity contribution in [2.45, 2.75) is 51.5 Å². The first kappa shape index (κ1) is 14.5. The number of rotatable bonds is 5. The molecule has 1 aromatic heterocycles. The summed E-state index contributed by atoms with van der Waals surface area (Å²) in [6, 6.07) is 11.4. The Labute approximate surface area is 128 Å². The molecule has 1 atom stereocenters. The van der Waals surface area contributed by atoms with Gasteiger partial charge in [-0.1, -0.05) is 51.2 Å². The molecule has 0 saturated heterocycles. The van der Waals surface area contributed by atoms with Gasteiger partial charge in [0.15, 0.2) is 0 Å². The highest BCUT2D eigenvalue weighted by atomic mass is 14.9. The van der Waals surface area contributed by atoms with Gasteiger partial charge in [-0.15, -0.1) is 0 Å². The standard InChI is InChI=1S/C19H26N2/c1-2-20-19(13-15-7-4-3-5-8-15)17-10-11-18-16(14-17)9-6-12-21-18/h6,9-12,14-15,19-20H,2-5,7-8,13H2,1H3. The minimum Gasteiger partial charge on any atom is -0.310 e. The monoisotopic (exact) mass is 282 g/mol. The lowest BCUT2D eigenvalue weighted by Gasteiger charge is -2.27. The Balaban J connectivity index is 1.80. The fourth-order valence-corrected chi connectivity index (χ4v) is 3.65. The van der Waals surface area contributed by atoms with Crippen LogP contribution in [0, 0.1) is 5.92 Å². The molecular weight excluding hydrogens is 256 g/mol. The number of hydrogen-bond donors (Lipinski definition) is 1. The van der Waals surface area contributed by atoms with Gasteiger partial charge in [-0.2, -0.15) is 0 Å². The second-order valence-electron chi connectivity index (χ2n) is 6.31. The molecule has 1 aliphatic carbocycles. The number of nitrogens with one attached hydrogen (secondary N) is 1.